The first kappa shape index (κ1) is 13.8. The van der Waals surface area contributed by atoms with Crippen molar-refractivity contribution < 1.29 is 14.3 Å². The molecular formula is C14H25NO3. The third-order valence-electron chi connectivity index (χ3n) is 3.63. The van der Waals surface area contributed by atoms with Gasteiger partial charge in [0.1, 0.15) is 5.54 Å². The van der Waals surface area contributed by atoms with Gasteiger partial charge in [-0.3, -0.25) is 5.32 Å². The summed E-state index contributed by atoms with van der Waals surface area (Å²) in [6.45, 7) is 5.55. The van der Waals surface area contributed by atoms with Crippen molar-refractivity contribution in [2.24, 2.45) is 5.92 Å². The highest BCUT2D eigenvalue weighted by molar-refractivity contribution is 5.82. The van der Waals surface area contributed by atoms with E-state index in [4.69, 9.17) is 9.47 Å². The van der Waals surface area contributed by atoms with Crippen molar-refractivity contribution in [2.75, 3.05) is 19.8 Å². The van der Waals surface area contributed by atoms with Crippen molar-refractivity contribution in [1.82, 2.24) is 5.32 Å². The lowest BCUT2D eigenvalue weighted by Crippen LogP contribution is -2.59. The zero-order chi connectivity index (χ0) is 13.0. The molecule has 18 heavy (non-hydrogen) atoms. The Morgan fingerprint density at radius 1 is 1.28 bits per heavy atom. The van der Waals surface area contributed by atoms with Gasteiger partial charge in [0.05, 0.1) is 13.2 Å². The van der Waals surface area contributed by atoms with Gasteiger partial charge in [0.25, 0.3) is 0 Å². The second-order valence-corrected chi connectivity index (χ2v) is 5.44. The molecule has 104 valence electrons. The first-order chi connectivity index (χ1) is 8.73. The van der Waals surface area contributed by atoms with E-state index in [1.54, 1.807) is 0 Å². The number of carbonyl (C=O) groups is 1. The van der Waals surface area contributed by atoms with E-state index < -0.39 is 5.54 Å². The van der Waals surface area contributed by atoms with Crippen molar-refractivity contribution in [3.05, 3.63) is 0 Å². The van der Waals surface area contributed by atoms with E-state index in [1.807, 2.05) is 6.92 Å². The molecule has 0 aromatic rings. The fourth-order valence-corrected chi connectivity index (χ4v) is 2.37. The van der Waals surface area contributed by atoms with Gasteiger partial charge in [-0.25, -0.2) is 4.79 Å². The second kappa shape index (κ2) is 6.02. The van der Waals surface area contributed by atoms with Crippen LogP contribution in [0.2, 0.25) is 0 Å². The van der Waals surface area contributed by atoms with Crippen molar-refractivity contribution in [3.8, 4) is 0 Å². The van der Waals surface area contributed by atoms with Crippen molar-refractivity contribution >= 4 is 5.97 Å². The molecule has 1 unspecified atom stereocenters. The van der Waals surface area contributed by atoms with Crippen LogP contribution >= 0.6 is 0 Å². The molecule has 0 spiro atoms. The Kier molecular flexibility index (Phi) is 4.62. The zero-order valence-electron chi connectivity index (χ0n) is 11.5. The summed E-state index contributed by atoms with van der Waals surface area (Å²) in [4.78, 5) is 12.3. The molecule has 2 aliphatic rings. The summed E-state index contributed by atoms with van der Waals surface area (Å²) in [7, 11) is 0. The summed E-state index contributed by atoms with van der Waals surface area (Å²) in [6, 6.07) is 0.486. The molecule has 2 fully saturated rings. The number of hydrogen-bond donors (Lipinski definition) is 1. The first-order valence-corrected chi connectivity index (χ1v) is 7.25. The Morgan fingerprint density at radius 2 is 2.00 bits per heavy atom. The Bertz CT molecular complexity index is 287. The van der Waals surface area contributed by atoms with Crippen molar-refractivity contribution in [1.29, 1.82) is 0 Å². The predicted octanol–water partition coefficient (Wildman–Crippen LogP) is 1.88. The molecule has 0 saturated heterocycles. The van der Waals surface area contributed by atoms with Crippen LogP contribution in [0.4, 0.5) is 0 Å². The summed E-state index contributed by atoms with van der Waals surface area (Å²) in [6.07, 6.45) is 5.53. The van der Waals surface area contributed by atoms with E-state index in [0.29, 0.717) is 31.8 Å². The minimum absolute atomic E-state index is 0.115. The fraction of sp³-hybridized carbons (Fsp3) is 0.929. The van der Waals surface area contributed by atoms with E-state index in [1.165, 1.54) is 12.8 Å². The molecule has 0 bridgehead atoms. The van der Waals surface area contributed by atoms with Gasteiger partial charge < -0.3 is 9.47 Å². The van der Waals surface area contributed by atoms with Gasteiger partial charge in [-0.15, -0.1) is 0 Å². The largest absolute Gasteiger partial charge is 0.465 e. The number of nitrogens with one attached hydrogen (secondary N) is 1. The van der Waals surface area contributed by atoms with Gasteiger partial charge in [-0.2, -0.15) is 0 Å². The SMILES string of the molecule is CCCOCC(NC1CC1)(C(=O)OCC)C1CC1. The normalized spacial score (nSPS) is 22.6. The van der Waals surface area contributed by atoms with Gasteiger partial charge in [0.2, 0.25) is 0 Å². The maximum absolute atomic E-state index is 12.3. The van der Waals surface area contributed by atoms with Crippen LogP contribution in [0.15, 0.2) is 0 Å². The third kappa shape index (κ3) is 3.23. The highest BCUT2D eigenvalue weighted by atomic mass is 16.5. The van der Waals surface area contributed by atoms with E-state index in [9.17, 15) is 4.79 Å². The Morgan fingerprint density at radius 3 is 2.50 bits per heavy atom. The maximum Gasteiger partial charge on any atom is 0.329 e. The molecule has 0 aromatic heterocycles. The van der Waals surface area contributed by atoms with Crippen LogP contribution in [0.5, 0.6) is 0 Å². The van der Waals surface area contributed by atoms with E-state index in [-0.39, 0.29) is 5.97 Å². The molecule has 2 aliphatic carbocycles. The quantitative estimate of drug-likeness (QED) is 0.505. The lowest BCUT2D eigenvalue weighted by Gasteiger charge is -2.32. The fourth-order valence-electron chi connectivity index (χ4n) is 2.37. The summed E-state index contributed by atoms with van der Waals surface area (Å²) < 4.78 is 11.0. The maximum atomic E-state index is 12.3. The molecule has 4 heteroatoms. The molecule has 2 saturated carbocycles. The van der Waals surface area contributed by atoms with Crippen LogP contribution < -0.4 is 5.32 Å². The number of esters is 1. The van der Waals surface area contributed by atoms with E-state index in [2.05, 4.69) is 12.2 Å². The van der Waals surface area contributed by atoms with Crippen molar-refractivity contribution in [2.45, 2.75) is 57.5 Å². The summed E-state index contributed by atoms with van der Waals surface area (Å²) in [5.41, 5.74) is -0.577. The minimum atomic E-state index is -0.577. The number of carbonyl (C=O) groups excluding carboxylic acids is 1. The van der Waals surface area contributed by atoms with E-state index in [0.717, 1.165) is 19.3 Å². The Hall–Kier alpha value is -0.610. The Balaban J connectivity index is 2.02. The molecular weight excluding hydrogens is 230 g/mol. The summed E-state index contributed by atoms with van der Waals surface area (Å²) in [5.74, 6) is 0.282. The van der Waals surface area contributed by atoms with Gasteiger partial charge in [-0.1, -0.05) is 6.92 Å². The lowest BCUT2D eigenvalue weighted by atomic mass is 9.93. The average molecular weight is 255 g/mol. The molecule has 1 atom stereocenters. The standard InChI is InChI=1S/C14H25NO3/c1-3-9-17-10-14(11-5-6-11,13(16)18-4-2)15-12-7-8-12/h11-12,15H,3-10H2,1-2H3. The number of rotatable bonds is 9. The van der Waals surface area contributed by atoms with E-state index >= 15 is 0 Å². The lowest BCUT2D eigenvalue weighted by molar-refractivity contribution is -0.155. The molecule has 0 aliphatic heterocycles. The van der Waals surface area contributed by atoms with Crippen LogP contribution in [0, 0.1) is 5.92 Å². The molecule has 2 rings (SSSR count). The second-order valence-electron chi connectivity index (χ2n) is 5.44. The average Bonchev–Trinajstić information content (AvgIpc) is 3.21. The molecule has 1 N–H and O–H groups in total. The predicted molar refractivity (Wildman–Crippen MR) is 69.4 cm³/mol. The monoisotopic (exact) mass is 255 g/mol. The molecule has 4 nitrogen and oxygen atoms in total. The van der Waals surface area contributed by atoms with Crippen LogP contribution in [-0.2, 0) is 14.3 Å². The van der Waals surface area contributed by atoms with Crippen LogP contribution in [0.1, 0.15) is 46.0 Å². The van der Waals surface area contributed by atoms with Gasteiger partial charge in [-0.05, 0) is 44.9 Å². The summed E-state index contributed by atoms with van der Waals surface area (Å²) >= 11 is 0. The van der Waals surface area contributed by atoms with Crippen LogP contribution in [-0.4, -0.2) is 37.4 Å². The van der Waals surface area contributed by atoms with Gasteiger partial charge in [0, 0.05) is 12.6 Å². The minimum Gasteiger partial charge on any atom is -0.465 e. The highest BCUT2D eigenvalue weighted by Gasteiger charge is 2.54. The topological polar surface area (TPSA) is 47.6 Å². The highest BCUT2D eigenvalue weighted by Crippen LogP contribution is 2.42. The molecule has 0 amide bonds. The van der Waals surface area contributed by atoms with Crippen LogP contribution in [0.25, 0.3) is 0 Å². The molecule has 0 aromatic carbocycles. The van der Waals surface area contributed by atoms with Crippen molar-refractivity contribution in [3.63, 3.8) is 0 Å². The number of ether oxygens (including phenoxy) is 2. The Labute approximate surface area is 109 Å². The zero-order valence-corrected chi connectivity index (χ0v) is 11.5. The molecule has 0 heterocycles. The first-order valence-electron chi connectivity index (χ1n) is 7.25. The van der Waals surface area contributed by atoms with Crippen LogP contribution in [0.3, 0.4) is 0 Å². The smallest absolute Gasteiger partial charge is 0.329 e. The summed E-state index contributed by atoms with van der Waals surface area (Å²) in [5, 5.41) is 3.51. The van der Waals surface area contributed by atoms with Gasteiger partial charge in [0.15, 0.2) is 0 Å². The number of hydrogen-bond acceptors (Lipinski definition) is 4. The molecule has 0 radical (unpaired) electrons. The third-order valence-corrected chi connectivity index (χ3v) is 3.63. The van der Waals surface area contributed by atoms with Gasteiger partial charge >= 0.3 is 5.97 Å².